The number of hydrogen-bond donors (Lipinski definition) is 2. The molecule has 1 saturated carbocycles. The van der Waals surface area contributed by atoms with Crippen molar-refractivity contribution in [3.8, 4) is 22.9 Å². The molecular weight excluding hydrogens is 409 g/mol. The predicted octanol–water partition coefficient (Wildman–Crippen LogP) is 3.05. The van der Waals surface area contributed by atoms with Gasteiger partial charge in [0, 0.05) is 49.3 Å². The largest absolute Gasteiger partial charge is 0.421 e. The second kappa shape index (κ2) is 6.83. The molecule has 0 amide bonds. The Kier molecular flexibility index (Phi) is 4.13. The highest BCUT2D eigenvalue weighted by Crippen LogP contribution is 2.54. The van der Waals surface area contributed by atoms with Crippen molar-refractivity contribution in [2.75, 3.05) is 30.4 Å². The number of halogens is 1. The lowest BCUT2D eigenvalue weighted by Crippen LogP contribution is -2.24. The molecule has 1 saturated heterocycles. The van der Waals surface area contributed by atoms with Crippen LogP contribution in [0.5, 0.6) is 11.8 Å². The van der Waals surface area contributed by atoms with E-state index in [-0.39, 0.29) is 23.3 Å². The van der Waals surface area contributed by atoms with Crippen LogP contribution in [-0.4, -0.2) is 46.1 Å². The molecule has 9 heteroatoms. The SMILES string of the molecule is CNc1cc(F)cc2c1Cc1nc(Oc3cnc(C)nc3)nc(N3CCC4(C[C@@H]4N)C3)c1-2. The maximum Gasteiger partial charge on any atom is 0.324 e. The fraction of sp³-hybridized carbons (Fsp3) is 0.391. The number of nitrogens with one attached hydrogen (secondary N) is 1. The predicted molar refractivity (Wildman–Crippen MR) is 118 cm³/mol. The van der Waals surface area contributed by atoms with E-state index in [0.29, 0.717) is 18.0 Å². The van der Waals surface area contributed by atoms with Gasteiger partial charge in [0.2, 0.25) is 0 Å². The Balaban J connectivity index is 1.46. The lowest BCUT2D eigenvalue weighted by atomic mass is 10.0. The Hall–Kier alpha value is -3.33. The lowest BCUT2D eigenvalue weighted by molar-refractivity contribution is 0.435. The zero-order chi connectivity index (χ0) is 22.0. The third kappa shape index (κ3) is 2.99. The Labute approximate surface area is 185 Å². The molecule has 32 heavy (non-hydrogen) atoms. The van der Waals surface area contributed by atoms with Crippen molar-refractivity contribution in [1.29, 1.82) is 0 Å². The monoisotopic (exact) mass is 433 g/mol. The van der Waals surface area contributed by atoms with Gasteiger partial charge in [0.25, 0.3) is 0 Å². The van der Waals surface area contributed by atoms with Crippen LogP contribution in [0.1, 0.15) is 29.9 Å². The van der Waals surface area contributed by atoms with E-state index < -0.39 is 0 Å². The second-order valence-electron chi connectivity index (χ2n) is 8.97. The Morgan fingerprint density at radius 1 is 1.25 bits per heavy atom. The van der Waals surface area contributed by atoms with Crippen molar-refractivity contribution >= 4 is 11.5 Å². The average Bonchev–Trinajstić information content (AvgIpc) is 3.10. The van der Waals surface area contributed by atoms with Crippen molar-refractivity contribution in [3.63, 3.8) is 0 Å². The molecule has 1 aromatic carbocycles. The number of rotatable bonds is 4. The van der Waals surface area contributed by atoms with Gasteiger partial charge in [-0.3, -0.25) is 0 Å². The summed E-state index contributed by atoms with van der Waals surface area (Å²) in [5, 5.41) is 3.11. The van der Waals surface area contributed by atoms with E-state index in [0.717, 1.165) is 59.8 Å². The molecule has 3 aliphatic rings. The highest BCUT2D eigenvalue weighted by Gasteiger charge is 2.56. The minimum absolute atomic E-state index is 0.170. The van der Waals surface area contributed by atoms with Gasteiger partial charge < -0.3 is 20.7 Å². The zero-order valence-corrected chi connectivity index (χ0v) is 18.0. The first kappa shape index (κ1) is 19.4. The zero-order valence-electron chi connectivity index (χ0n) is 18.0. The molecule has 6 rings (SSSR count). The summed E-state index contributed by atoms with van der Waals surface area (Å²) < 4.78 is 20.4. The topological polar surface area (TPSA) is 102 Å². The van der Waals surface area contributed by atoms with E-state index in [1.54, 1.807) is 25.5 Å². The lowest BCUT2D eigenvalue weighted by Gasteiger charge is -2.21. The number of benzene rings is 1. The summed E-state index contributed by atoms with van der Waals surface area (Å²) >= 11 is 0. The van der Waals surface area contributed by atoms with Crippen molar-refractivity contribution < 1.29 is 9.13 Å². The number of aromatic nitrogens is 4. The third-order valence-electron chi connectivity index (χ3n) is 6.95. The second-order valence-corrected chi connectivity index (χ2v) is 8.97. The normalized spacial score (nSPS) is 22.8. The smallest absolute Gasteiger partial charge is 0.324 e. The van der Waals surface area contributed by atoms with Crippen LogP contribution >= 0.6 is 0 Å². The Morgan fingerprint density at radius 2 is 2.03 bits per heavy atom. The summed E-state index contributed by atoms with van der Waals surface area (Å²) in [6, 6.07) is 3.58. The minimum atomic E-state index is -0.286. The molecule has 2 aromatic heterocycles. The maximum atomic E-state index is 14.4. The van der Waals surface area contributed by atoms with Gasteiger partial charge in [-0.05, 0) is 43.0 Å². The van der Waals surface area contributed by atoms with E-state index in [9.17, 15) is 4.39 Å². The Bertz CT molecular complexity index is 1230. The van der Waals surface area contributed by atoms with Crippen molar-refractivity contribution in [2.24, 2.45) is 11.1 Å². The average molecular weight is 433 g/mol. The van der Waals surface area contributed by atoms with Crippen molar-refractivity contribution in [3.05, 3.63) is 47.4 Å². The molecule has 2 fully saturated rings. The van der Waals surface area contributed by atoms with E-state index in [1.165, 1.54) is 6.07 Å². The van der Waals surface area contributed by atoms with Crippen LogP contribution in [0.4, 0.5) is 15.9 Å². The molecule has 1 unspecified atom stereocenters. The fourth-order valence-corrected chi connectivity index (χ4v) is 5.05. The number of anilines is 2. The summed E-state index contributed by atoms with van der Waals surface area (Å²) in [6.45, 7) is 3.51. The van der Waals surface area contributed by atoms with Crippen LogP contribution in [0, 0.1) is 18.2 Å². The van der Waals surface area contributed by atoms with Gasteiger partial charge in [0.15, 0.2) is 5.75 Å². The summed E-state index contributed by atoms with van der Waals surface area (Å²) in [5.74, 6) is 1.63. The molecule has 8 nitrogen and oxygen atoms in total. The molecule has 3 N–H and O–H groups in total. The van der Waals surface area contributed by atoms with Crippen LogP contribution < -0.4 is 20.7 Å². The molecule has 1 aliphatic heterocycles. The van der Waals surface area contributed by atoms with E-state index in [1.807, 2.05) is 6.92 Å². The van der Waals surface area contributed by atoms with Crippen LogP contribution in [0.25, 0.3) is 11.1 Å². The Morgan fingerprint density at radius 3 is 2.72 bits per heavy atom. The fourth-order valence-electron chi connectivity index (χ4n) is 5.05. The van der Waals surface area contributed by atoms with Crippen LogP contribution in [0.3, 0.4) is 0 Å². The number of ether oxygens (including phenoxy) is 1. The number of aryl methyl sites for hydroxylation is 1. The third-order valence-corrected chi connectivity index (χ3v) is 6.95. The molecule has 1 spiro atoms. The standard InChI is InChI=1S/C23H24FN7O/c1-12-27-9-14(10-28-12)32-22-29-18-7-15-16(5-13(24)6-17(15)26-2)20(18)21(30-22)31-4-3-23(11-31)8-19(23)25/h5-6,9-10,19,26H,3-4,7-8,11,25H2,1-2H3/t19-,23?/m0/s1. The van der Waals surface area contributed by atoms with Gasteiger partial charge in [0.1, 0.15) is 17.5 Å². The van der Waals surface area contributed by atoms with Crippen LogP contribution in [0.2, 0.25) is 0 Å². The number of nitrogens with zero attached hydrogens (tertiary/aromatic N) is 5. The van der Waals surface area contributed by atoms with Crippen LogP contribution in [0.15, 0.2) is 24.5 Å². The first-order valence-electron chi connectivity index (χ1n) is 10.8. The van der Waals surface area contributed by atoms with Crippen molar-refractivity contribution in [1.82, 2.24) is 19.9 Å². The van der Waals surface area contributed by atoms with Gasteiger partial charge in [-0.1, -0.05) is 0 Å². The molecule has 0 radical (unpaired) electrons. The van der Waals surface area contributed by atoms with Gasteiger partial charge >= 0.3 is 6.01 Å². The van der Waals surface area contributed by atoms with Gasteiger partial charge in [-0.25, -0.2) is 14.4 Å². The first-order chi connectivity index (χ1) is 15.5. The first-order valence-corrected chi connectivity index (χ1v) is 10.8. The molecular formula is C23H24FN7O. The molecule has 2 aliphatic carbocycles. The molecule has 0 bridgehead atoms. The number of nitrogens with two attached hydrogens (primary N) is 1. The highest BCUT2D eigenvalue weighted by molar-refractivity contribution is 5.88. The molecule has 164 valence electrons. The summed E-state index contributed by atoms with van der Waals surface area (Å²) in [5.41, 5.74) is 10.7. The highest BCUT2D eigenvalue weighted by atomic mass is 19.1. The maximum absolute atomic E-state index is 14.4. The van der Waals surface area contributed by atoms with Crippen molar-refractivity contribution in [2.45, 2.75) is 32.2 Å². The van der Waals surface area contributed by atoms with Crippen LogP contribution in [-0.2, 0) is 6.42 Å². The number of hydrogen-bond acceptors (Lipinski definition) is 8. The van der Waals surface area contributed by atoms with E-state index in [2.05, 4.69) is 20.2 Å². The molecule has 3 aromatic rings. The summed E-state index contributed by atoms with van der Waals surface area (Å²) in [4.78, 5) is 20.1. The quantitative estimate of drug-likeness (QED) is 0.506. The van der Waals surface area contributed by atoms with E-state index >= 15 is 0 Å². The minimum Gasteiger partial charge on any atom is -0.421 e. The van der Waals surface area contributed by atoms with Gasteiger partial charge in [-0.2, -0.15) is 9.97 Å². The van der Waals surface area contributed by atoms with E-state index in [4.69, 9.17) is 20.4 Å². The summed E-state index contributed by atoms with van der Waals surface area (Å²) in [7, 11) is 1.80. The summed E-state index contributed by atoms with van der Waals surface area (Å²) in [6.07, 6.45) is 5.87. The molecule has 3 heterocycles. The van der Waals surface area contributed by atoms with Gasteiger partial charge in [0.05, 0.1) is 18.1 Å². The van der Waals surface area contributed by atoms with Gasteiger partial charge in [-0.15, -0.1) is 0 Å². The molecule has 2 atom stereocenters. The number of fused-ring (bicyclic) bond motifs is 3.